The lowest BCUT2D eigenvalue weighted by Crippen LogP contribution is -2.24. The maximum Gasteiger partial charge on any atom is 0.165 e. The first-order chi connectivity index (χ1) is 3.06. The van der Waals surface area contributed by atoms with Crippen LogP contribution >= 0.6 is 0 Å². The Bertz CT molecular complexity index is 126. The van der Waals surface area contributed by atoms with Gasteiger partial charge < -0.3 is 0 Å². The van der Waals surface area contributed by atoms with Crippen molar-refractivity contribution < 1.29 is 8.42 Å². The van der Waals surface area contributed by atoms with Crippen molar-refractivity contribution in [2.75, 3.05) is 0 Å². The molecule has 0 fully saturated rings. The first-order valence-electron chi connectivity index (χ1n) is 2.06. The minimum Gasteiger partial charge on any atom is -0.236 e. The topological polar surface area (TPSA) is 60.2 Å². The van der Waals surface area contributed by atoms with Crippen LogP contribution in [-0.2, 0) is 9.47 Å². The Morgan fingerprint density at radius 1 is 1.57 bits per heavy atom. The van der Waals surface area contributed by atoms with Gasteiger partial charge in [-0.15, -0.1) is 0 Å². The Morgan fingerprint density at radius 3 is 2.00 bits per heavy atom. The summed E-state index contributed by atoms with van der Waals surface area (Å²) < 4.78 is 20.3. The summed E-state index contributed by atoms with van der Waals surface area (Å²) in [4.78, 5) is 0. The minimum atomic E-state index is -2.94. The van der Waals surface area contributed by atoms with E-state index >= 15 is 0 Å². The second-order valence-electron chi connectivity index (χ2n) is 1.37. The van der Waals surface area contributed by atoms with Gasteiger partial charge in [0.1, 0.15) is 0 Å². The summed E-state index contributed by atoms with van der Waals surface area (Å²) in [7, 11) is -2.74. The van der Waals surface area contributed by atoms with Crippen LogP contribution < -0.4 is 5.14 Å². The van der Waals surface area contributed by atoms with E-state index in [1.54, 1.807) is 0 Å². The SMILES string of the molecule is NS(=O)(=O)[SiH2][SiH2][SiH3]. The molecule has 0 rings (SSSR count). The van der Waals surface area contributed by atoms with E-state index in [1.165, 1.54) is 0 Å². The van der Waals surface area contributed by atoms with Gasteiger partial charge in [-0.25, -0.2) is 13.6 Å². The summed E-state index contributed by atoms with van der Waals surface area (Å²) in [5.41, 5.74) is 0. The maximum atomic E-state index is 10.1. The van der Waals surface area contributed by atoms with E-state index in [-0.39, 0.29) is 8.55 Å². The van der Waals surface area contributed by atoms with Gasteiger partial charge in [-0.3, -0.25) is 0 Å². The molecular formula is H9NO2SSi3. The third-order valence-electron chi connectivity index (χ3n) is 0.489. The van der Waals surface area contributed by atoms with Gasteiger partial charge >= 0.3 is 0 Å². The van der Waals surface area contributed by atoms with Crippen molar-refractivity contribution >= 4 is 36.0 Å². The lowest BCUT2D eigenvalue weighted by Gasteiger charge is -1.85. The minimum absolute atomic E-state index is 0.125. The van der Waals surface area contributed by atoms with Crippen LogP contribution in [0.3, 0.4) is 0 Å². The van der Waals surface area contributed by atoms with Crippen molar-refractivity contribution in [3.63, 3.8) is 0 Å². The molecule has 2 N–H and O–H groups in total. The van der Waals surface area contributed by atoms with Gasteiger partial charge in [0.25, 0.3) is 0 Å². The van der Waals surface area contributed by atoms with E-state index < -0.39 is 17.7 Å². The van der Waals surface area contributed by atoms with Crippen molar-refractivity contribution in [1.82, 2.24) is 0 Å². The molecule has 0 saturated heterocycles. The molecule has 0 spiro atoms. The highest BCUT2D eigenvalue weighted by Crippen LogP contribution is 1.63. The summed E-state index contributed by atoms with van der Waals surface area (Å²) in [5.74, 6) is 0. The van der Waals surface area contributed by atoms with Gasteiger partial charge in [-0.1, -0.05) is 0 Å². The Morgan fingerprint density at radius 2 is 2.00 bits per heavy atom. The normalized spacial score (nSPS) is 15.6. The standard InChI is InChI=1S/H9NO2SSi3/c1-4(2,3)6-7-5/h6-7H2,5H3,(H2,1,2,3). The molecular weight excluding hydrogens is 162 g/mol. The predicted molar refractivity (Wildman–Crippen MR) is 40.1 cm³/mol. The molecule has 0 aliphatic heterocycles. The van der Waals surface area contributed by atoms with E-state index in [0.717, 1.165) is 9.76 Å². The third-order valence-corrected chi connectivity index (χ3v) is 24.2. The van der Waals surface area contributed by atoms with Crippen LogP contribution in [0.5, 0.6) is 0 Å². The number of rotatable bonds is 2. The Labute approximate surface area is 50.0 Å². The number of nitrogens with two attached hydrogens (primary N) is 1. The summed E-state index contributed by atoms with van der Waals surface area (Å²) >= 11 is 0. The molecule has 0 unspecified atom stereocenters. The zero-order chi connectivity index (χ0) is 5.91. The summed E-state index contributed by atoms with van der Waals surface area (Å²) in [6.07, 6.45) is 0. The molecule has 0 radical (unpaired) electrons. The van der Waals surface area contributed by atoms with E-state index in [0.29, 0.717) is 0 Å². The summed E-state index contributed by atoms with van der Waals surface area (Å²) in [6.45, 7) is 0. The van der Waals surface area contributed by atoms with Crippen LogP contribution in [0.15, 0.2) is 0 Å². The van der Waals surface area contributed by atoms with E-state index in [4.69, 9.17) is 5.14 Å². The molecule has 0 atom stereocenters. The largest absolute Gasteiger partial charge is 0.236 e. The molecule has 0 aliphatic rings. The fourth-order valence-corrected chi connectivity index (χ4v) is 23.0. The Balaban J connectivity index is 3.60. The molecule has 0 heterocycles. The molecule has 0 aliphatic carbocycles. The van der Waals surface area contributed by atoms with Crippen LogP contribution in [0.4, 0.5) is 0 Å². The highest BCUT2D eigenvalue weighted by Gasteiger charge is 1.97. The second kappa shape index (κ2) is 2.77. The predicted octanol–water partition coefficient (Wildman–Crippen LogP) is -4.28. The van der Waals surface area contributed by atoms with Crippen LogP contribution in [0, 0.1) is 0 Å². The molecule has 0 aromatic heterocycles. The zero-order valence-corrected chi connectivity index (χ0v) is 9.86. The third kappa shape index (κ3) is 6.56. The van der Waals surface area contributed by atoms with Gasteiger partial charge in [-0.05, 0) is 9.76 Å². The highest BCUT2D eigenvalue weighted by molar-refractivity contribution is 8.19. The molecule has 0 saturated carbocycles. The van der Waals surface area contributed by atoms with E-state index in [1.807, 2.05) is 0 Å². The fraction of sp³-hybridized carbons (Fsp3) is 0. The first-order valence-corrected chi connectivity index (χ1v) is 15.2. The highest BCUT2D eigenvalue weighted by atomic mass is 32.4. The molecule has 0 bridgehead atoms. The molecule has 7 heavy (non-hydrogen) atoms. The number of hydrogen-bond acceptors (Lipinski definition) is 2. The molecule has 0 aromatic rings. The van der Waals surface area contributed by atoms with E-state index in [2.05, 4.69) is 0 Å². The van der Waals surface area contributed by atoms with Crippen molar-refractivity contribution in [3.05, 3.63) is 0 Å². The molecule has 0 amide bonds. The van der Waals surface area contributed by atoms with Crippen LogP contribution in [0.2, 0.25) is 0 Å². The van der Waals surface area contributed by atoms with Crippen LogP contribution in [-0.4, -0.2) is 34.9 Å². The Hall–Kier alpha value is 0.561. The summed E-state index contributed by atoms with van der Waals surface area (Å²) in [5, 5.41) is 4.74. The smallest absolute Gasteiger partial charge is 0.165 e. The van der Waals surface area contributed by atoms with Crippen LogP contribution in [0.25, 0.3) is 0 Å². The van der Waals surface area contributed by atoms with Gasteiger partial charge in [0.15, 0.2) is 17.7 Å². The van der Waals surface area contributed by atoms with Crippen molar-refractivity contribution in [1.29, 1.82) is 0 Å². The van der Waals surface area contributed by atoms with Crippen molar-refractivity contribution in [3.8, 4) is 0 Å². The van der Waals surface area contributed by atoms with Gasteiger partial charge in [0.05, 0.1) is 0 Å². The quantitative estimate of drug-likeness (QED) is 0.428. The Kier molecular flexibility index (Phi) is 2.99. The second-order valence-corrected chi connectivity index (χ2v) is 23.4. The van der Waals surface area contributed by atoms with Crippen molar-refractivity contribution in [2.24, 2.45) is 5.14 Å². The molecule has 44 valence electrons. The maximum absolute atomic E-state index is 10.1. The van der Waals surface area contributed by atoms with Gasteiger partial charge in [0.2, 0.25) is 0 Å². The van der Waals surface area contributed by atoms with Gasteiger partial charge in [0, 0.05) is 8.55 Å². The molecule has 0 aromatic carbocycles. The van der Waals surface area contributed by atoms with E-state index in [9.17, 15) is 8.42 Å². The zero-order valence-electron chi connectivity index (χ0n) is 4.22. The monoisotopic (exact) mass is 171 g/mol. The average Bonchev–Trinajstić information content (AvgIpc) is 1.30. The van der Waals surface area contributed by atoms with Crippen LogP contribution in [0.1, 0.15) is 0 Å². The van der Waals surface area contributed by atoms with Crippen molar-refractivity contribution in [2.45, 2.75) is 0 Å². The first kappa shape index (κ1) is 7.56. The molecule has 3 nitrogen and oxygen atoms in total. The lowest BCUT2D eigenvalue weighted by molar-refractivity contribution is 0.611. The van der Waals surface area contributed by atoms with Gasteiger partial charge in [-0.2, -0.15) is 0 Å². The number of hydrogen-bond donors (Lipinski definition) is 1. The average molecular weight is 171 g/mol. The summed E-state index contributed by atoms with van der Waals surface area (Å²) in [6, 6.07) is 0. The molecule has 7 heteroatoms. The lowest BCUT2D eigenvalue weighted by atomic mass is 14.0. The fourth-order valence-electron chi connectivity index (χ4n) is 0.285.